The van der Waals surface area contributed by atoms with Crippen LogP contribution in [0.25, 0.3) is 0 Å². The molecular weight excluding hydrogens is 170 g/mol. The molecule has 0 aliphatic heterocycles. The number of unbranched alkanes of at least 4 members (excludes halogenated alkanes) is 4. The van der Waals surface area contributed by atoms with Crippen molar-refractivity contribution in [2.24, 2.45) is 5.73 Å². The number of hydrogen-bond donors (Lipinski definition) is 1. The quantitative estimate of drug-likeness (QED) is 0.658. The number of aryl methyl sites for hydroxylation is 1. The monoisotopic (exact) mass is 191 g/mol. The molecule has 0 radical (unpaired) electrons. The van der Waals surface area contributed by atoms with Crippen LogP contribution < -0.4 is 5.73 Å². The van der Waals surface area contributed by atoms with Crippen molar-refractivity contribution in [3.05, 3.63) is 35.9 Å². The summed E-state index contributed by atoms with van der Waals surface area (Å²) in [4.78, 5) is 0. The van der Waals surface area contributed by atoms with Gasteiger partial charge in [-0.05, 0) is 31.4 Å². The van der Waals surface area contributed by atoms with E-state index in [9.17, 15) is 0 Å². The summed E-state index contributed by atoms with van der Waals surface area (Å²) >= 11 is 0. The first-order valence-electron chi connectivity index (χ1n) is 5.67. The van der Waals surface area contributed by atoms with Crippen molar-refractivity contribution >= 4 is 0 Å². The minimum atomic E-state index is 0.846. The smallest absolute Gasteiger partial charge is 0.00773 e. The molecular formula is C13H21N. The molecule has 1 heteroatoms. The van der Waals surface area contributed by atoms with Crippen LogP contribution in [-0.2, 0) is 6.42 Å². The SMILES string of the molecule is NCCCCCCCc1ccccc1. The van der Waals surface area contributed by atoms with Crippen LogP contribution in [0.2, 0.25) is 0 Å². The third-order valence-corrected chi connectivity index (χ3v) is 2.51. The van der Waals surface area contributed by atoms with Crippen molar-refractivity contribution in [3.63, 3.8) is 0 Å². The average molecular weight is 191 g/mol. The van der Waals surface area contributed by atoms with Gasteiger partial charge in [0, 0.05) is 0 Å². The molecule has 0 spiro atoms. The Morgan fingerprint density at radius 1 is 0.786 bits per heavy atom. The molecule has 0 aromatic heterocycles. The van der Waals surface area contributed by atoms with Gasteiger partial charge in [0.25, 0.3) is 0 Å². The molecule has 0 saturated heterocycles. The van der Waals surface area contributed by atoms with Crippen LogP contribution in [0.1, 0.15) is 37.7 Å². The molecule has 0 aliphatic carbocycles. The second-order valence-electron chi connectivity index (χ2n) is 3.79. The number of benzene rings is 1. The maximum atomic E-state index is 5.43. The first-order chi connectivity index (χ1) is 6.93. The molecule has 1 nitrogen and oxygen atoms in total. The minimum absolute atomic E-state index is 0.846. The van der Waals surface area contributed by atoms with Crippen molar-refractivity contribution in [3.8, 4) is 0 Å². The minimum Gasteiger partial charge on any atom is -0.330 e. The molecule has 0 heterocycles. The molecule has 1 aromatic rings. The maximum Gasteiger partial charge on any atom is -0.00773 e. The lowest BCUT2D eigenvalue weighted by atomic mass is 10.1. The first-order valence-corrected chi connectivity index (χ1v) is 5.67. The fraction of sp³-hybridized carbons (Fsp3) is 0.538. The van der Waals surface area contributed by atoms with Gasteiger partial charge in [-0.25, -0.2) is 0 Å². The Morgan fingerprint density at radius 3 is 2.14 bits per heavy atom. The van der Waals surface area contributed by atoms with E-state index in [1.807, 2.05) is 0 Å². The summed E-state index contributed by atoms with van der Waals surface area (Å²) in [7, 11) is 0. The summed E-state index contributed by atoms with van der Waals surface area (Å²) < 4.78 is 0. The largest absolute Gasteiger partial charge is 0.330 e. The van der Waals surface area contributed by atoms with Gasteiger partial charge < -0.3 is 5.73 Å². The van der Waals surface area contributed by atoms with Crippen LogP contribution >= 0.6 is 0 Å². The van der Waals surface area contributed by atoms with E-state index in [-0.39, 0.29) is 0 Å². The molecule has 1 aromatic carbocycles. The van der Waals surface area contributed by atoms with Crippen LogP contribution in [0.3, 0.4) is 0 Å². The van der Waals surface area contributed by atoms with E-state index in [0.717, 1.165) is 6.54 Å². The van der Waals surface area contributed by atoms with E-state index in [2.05, 4.69) is 30.3 Å². The zero-order chi connectivity index (χ0) is 10.1. The summed E-state index contributed by atoms with van der Waals surface area (Å²) in [5, 5.41) is 0. The summed E-state index contributed by atoms with van der Waals surface area (Å²) in [5.41, 5.74) is 6.90. The van der Waals surface area contributed by atoms with Crippen LogP contribution in [0.15, 0.2) is 30.3 Å². The van der Waals surface area contributed by atoms with Crippen molar-refractivity contribution in [2.45, 2.75) is 38.5 Å². The van der Waals surface area contributed by atoms with Gasteiger partial charge in [0.2, 0.25) is 0 Å². The lowest BCUT2D eigenvalue weighted by Crippen LogP contribution is -1.97. The van der Waals surface area contributed by atoms with Gasteiger partial charge in [0.05, 0.1) is 0 Å². The Labute approximate surface area is 87.3 Å². The Balaban J connectivity index is 1.99. The summed E-state index contributed by atoms with van der Waals surface area (Å²) in [5.74, 6) is 0. The average Bonchev–Trinajstić information content (AvgIpc) is 2.25. The third kappa shape index (κ3) is 5.03. The van der Waals surface area contributed by atoms with E-state index >= 15 is 0 Å². The molecule has 0 aliphatic rings. The van der Waals surface area contributed by atoms with Crippen molar-refractivity contribution in [1.82, 2.24) is 0 Å². The van der Waals surface area contributed by atoms with Crippen LogP contribution in [0.4, 0.5) is 0 Å². The standard InChI is InChI=1S/C13H21N/c14-12-8-3-1-2-5-9-13-10-6-4-7-11-13/h4,6-7,10-11H,1-3,5,8-9,12,14H2. The van der Waals surface area contributed by atoms with Crippen LogP contribution in [-0.4, -0.2) is 6.54 Å². The fourth-order valence-corrected chi connectivity index (χ4v) is 1.65. The van der Waals surface area contributed by atoms with Gasteiger partial charge in [0.15, 0.2) is 0 Å². The Morgan fingerprint density at radius 2 is 1.43 bits per heavy atom. The Hall–Kier alpha value is -0.820. The molecule has 14 heavy (non-hydrogen) atoms. The molecule has 0 amide bonds. The van der Waals surface area contributed by atoms with E-state index in [1.165, 1.54) is 44.1 Å². The fourth-order valence-electron chi connectivity index (χ4n) is 1.65. The van der Waals surface area contributed by atoms with E-state index in [0.29, 0.717) is 0 Å². The second kappa shape index (κ2) is 7.57. The maximum absolute atomic E-state index is 5.43. The number of nitrogens with two attached hydrogens (primary N) is 1. The van der Waals surface area contributed by atoms with Crippen LogP contribution in [0.5, 0.6) is 0 Å². The molecule has 1 rings (SSSR count). The van der Waals surface area contributed by atoms with Gasteiger partial charge in [0.1, 0.15) is 0 Å². The highest BCUT2D eigenvalue weighted by molar-refractivity contribution is 5.14. The molecule has 2 N–H and O–H groups in total. The summed E-state index contributed by atoms with van der Waals surface area (Å²) in [6.45, 7) is 0.846. The first kappa shape index (κ1) is 11.3. The normalized spacial score (nSPS) is 10.4. The van der Waals surface area contributed by atoms with Crippen LogP contribution in [0, 0.1) is 0 Å². The van der Waals surface area contributed by atoms with Gasteiger partial charge in [-0.1, -0.05) is 49.6 Å². The Bertz CT molecular complexity index is 218. The summed E-state index contributed by atoms with van der Waals surface area (Å²) in [6, 6.07) is 10.7. The highest BCUT2D eigenvalue weighted by atomic mass is 14.5. The van der Waals surface area contributed by atoms with Crippen molar-refractivity contribution in [2.75, 3.05) is 6.54 Å². The molecule has 0 saturated carbocycles. The molecule has 0 atom stereocenters. The van der Waals surface area contributed by atoms with E-state index in [1.54, 1.807) is 0 Å². The van der Waals surface area contributed by atoms with Gasteiger partial charge in [-0.15, -0.1) is 0 Å². The third-order valence-electron chi connectivity index (χ3n) is 2.51. The van der Waals surface area contributed by atoms with Crippen molar-refractivity contribution < 1.29 is 0 Å². The van der Waals surface area contributed by atoms with E-state index in [4.69, 9.17) is 5.73 Å². The molecule has 0 unspecified atom stereocenters. The highest BCUT2D eigenvalue weighted by Crippen LogP contribution is 2.08. The number of hydrogen-bond acceptors (Lipinski definition) is 1. The Kier molecular flexibility index (Phi) is 6.09. The van der Waals surface area contributed by atoms with Gasteiger partial charge in [-0.2, -0.15) is 0 Å². The van der Waals surface area contributed by atoms with Gasteiger partial charge >= 0.3 is 0 Å². The highest BCUT2D eigenvalue weighted by Gasteiger charge is 1.92. The predicted molar refractivity (Wildman–Crippen MR) is 62.3 cm³/mol. The zero-order valence-electron chi connectivity index (χ0n) is 8.91. The zero-order valence-corrected chi connectivity index (χ0v) is 8.91. The number of rotatable bonds is 7. The van der Waals surface area contributed by atoms with Gasteiger partial charge in [-0.3, -0.25) is 0 Å². The molecule has 78 valence electrons. The molecule has 0 fully saturated rings. The second-order valence-corrected chi connectivity index (χ2v) is 3.79. The molecule has 0 bridgehead atoms. The topological polar surface area (TPSA) is 26.0 Å². The lowest BCUT2D eigenvalue weighted by Gasteiger charge is -2.01. The summed E-state index contributed by atoms with van der Waals surface area (Å²) in [6.07, 6.45) is 7.70. The van der Waals surface area contributed by atoms with E-state index < -0.39 is 0 Å². The lowest BCUT2D eigenvalue weighted by molar-refractivity contribution is 0.618. The predicted octanol–water partition coefficient (Wildman–Crippen LogP) is 3.14. The van der Waals surface area contributed by atoms with Crippen molar-refractivity contribution in [1.29, 1.82) is 0 Å².